The smallest absolute Gasteiger partial charge is 0.410 e. The number of aryl methyl sites for hydroxylation is 1. The van der Waals surface area contributed by atoms with Gasteiger partial charge in [-0.25, -0.2) is 4.79 Å². The number of rotatable bonds is 6. The number of aromatic nitrogens is 1. The van der Waals surface area contributed by atoms with Gasteiger partial charge in [0.1, 0.15) is 11.2 Å². The monoisotopic (exact) mass is 465 g/mol. The van der Waals surface area contributed by atoms with Crippen LogP contribution in [0.25, 0.3) is 0 Å². The molecule has 0 aliphatic carbocycles. The van der Waals surface area contributed by atoms with Crippen LogP contribution in [-0.4, -0.2) is 52.4 Å². The van der Waals surface area contributed by atoms with E-state index in [4.69, 9.17) is 4.74 Å². The van der Waals surface area contributed by atoms with Crippen molar-refractivity contribution in [2.24, 2.45) is 5.92 Å². The first-order valence-corrected chi connectivity index (χ1v) is 12.7. The van der Waals surface area contributed by atoms with Crippen LogP contribution in [0.3, 0.4) is 0 Å². The maximum absolute atomic E-state index is 13.1. The van der Waals surface area contributed by atoms with E-state index in [0.29, 0.717) is 12.1 Å². The van der Waals surface area contributed by atoms with Crippen molar-refractivity contribution < 1.29 is 14.6 Å². The molecule has 3 atom stereocenters. The number of anilines is 1. The van der Waals surface area contributed by atoms with Crippen LogP contribution in [0.5, 0.6) is 0 Å². The number of ether oxygens (including phenoxy) is 1. The van der Waals surface area contributed by atoms with Gasteiger partial charge in [-0.3, -0.25) is 4.98 Å². The Morgan fingerprint density at radius 2 is 1.79 bits per heavy atom. The summed E-state index contributed by atoms with van der Waals surface area (Å²) >= 11 is 0. The molecule has 1 N–H and O–H groups in total. The highest BCUT2D eigenvalue weighted by Crippen LogP contribution is 2.45. The lowest BCUT2D eigenvalue weighted by Crippen LogP contribution is -2.67. The highest BCUT2D eigenvalue weighted by molar-refractivity contribution is 5.70. The molecule has 34 heavy (non-hydrogen) atoms. The normalized spacial score (nSPS) is 22.3. The van der Waals surface area contributed by atoms with Gasteiger partial charge in [0.25, 0.3) is 0 Å². The molecule has 4 rings (SSSR count). The fourth-order valence-electron chi connectivity index (χ4n) is 5.35. The number of amides is 1. The number of hydrogen-bond donors (Lipinski definition) is 1. The Morgan fingerprint density at radius 1 is 1.12 bits per heavy atom. The van der Waals surface area contributed by atoms with Crippen LogP contribution in [0.1, 0.15) is 70.6 Å². The number of aliphatic hydroxyl groups is 1. The molecular weight excluding hydrogens is 426 g/mol. The summed E-state index contributed by atoms with van der Waals surface area (Å²) in [6, 6.07) is 9.79. The van der Waals surface area contributed by atoms with Gasteiger partial charge >= 0.3 is 6.09 Å². The molecule has 3 unspecified atom stereocenters. The van der Waals surface area contributed by atoms with Crippen LogP contribution >= 0.6 is 0 Å². The van der Waals surface area contributed by atoms with Crippen LogP contribution in [0.2, 0.25) is 0 Å². The summed E-state index contributed by atoms with van der Waals surface area (Å²) in [7, 11) is 0. The van der Waals surface area contributed by atoms with E-state index in [1.807, 2.05) is 39.1 Å². The summed E-state index contributed by atoms with van der Waals surface area (Å²) in [6.45, 7) is 12.4. The Balaban J connectivity index is 1.77. The average Bonchev–Trinajstić information content (AvgIpc) is 3.32. The summed E-state index contributed by atoms with van der Waals surface area (Å²) in [4.78, 5) is 21.6. The molecule has 3 heterocycles. The molecule has 184 valence electrons. The summed E-state index contributed by atoms with van der Waals surface area (Å²) in [6.07, 6.45) is 7.62. The average molecular weight is 466 g/mol. The van der Waals surface area contributed by atoms with Gasteiger partial charge in [-0.05, 0) is 63.1 Å². The summed E-state index contributed by atoms with van der Waals surface area (Å²) in [5.74, 6) is 0.100. The van der Waals surface area contributed by atoms with Crippen molar-refractivity contribution in [2.75, 3.05) is 24.5 Å². The maximum atomic E-state index is 13.1. The highest BCUT2D eigenvalue weighted by atomic mass is 16.6. The van der Waals surface area contributed by atoms with Crippen molar-refractivity contribution in [3.8, 4) is 0 Å². The Morgan fingerprint density at radius 3 is 2.38 bits per heavy atom. The summed E-state index contributed by atoms with van der Waals surface area (Å²) < 4.78 is 5.70. The Bertz CT molecular complexity index is 995. The third kappa shape index (κ3) is 4.78. The first-order valence-electron chi connectivity index (χ1n) is 12.7. The second-order valence-electron chi connectivity index (χ2n) is 10.9. The molecule has 1 aromatic heterocycles. The van der Waals surface area contributed by atoms with Gasteiger partial charge in [-0.2, -0.15) is 0 Å². The van der Waals surface area contributed by atoms with Crippen LogP contribution < -0.4 is 4.90 Å². The second kappa shape index (κ2) is 9.57. The molecule has 2 aliphatic heterocycles. The first-order chi connectivity index (χ1) is 16.1. The molecule has 2 aliphatic rings. The number of carbonyl (C=O) groups is 1. The second-order valence-corrected chi connectivity index (χ2v) is 10.9. The van der Waals surface area contributed by atoms with E-state index in [-0.39, 0.29) is 12.0 Å². The lowest BCUT2D eigenvalue weighted by molar-refractivity contribution is -0.107. The number of benzene rings is 1. The number of likely N-dealkylation sites (tertiary alicyclic amines) is 1. The third-order valence-electron chi connectivity index (χ3n) is 6.98. The molecule has 0 radical (unpaired) electrons. The molecule has 6 heteroatoms. The van der Waals surface area contributed by atoms with Crippen molar-refractivity contribution in [3.05, 3.63) is 59.4 Å². The van der Waals surface area contributed by atoms with E-state index < -0.39 is 17.2 Å². The minimum Gasteiger partial charge on any atom is -0.444 e. The van der Waals surface area contributed by atoms with Crippen molar-refractivity contribution in [1.82, 2.24) is 9.88 Å². The molecule has 0 bridgehead atoms. The fraction of sp³-hybridized carbons (Fsp3) is 0.571. The minimum atomic E-state index is -1.40. The minimum absolute atomic E-state index is 0.100. The van der Waals surface area contributed by atoms with E-state index in [0.717, 1.165) is 37.2 Å². The molecule has 2 saturated heterocycles. The van der Waals surface area contributed by atoms with E-state index >= 15 is 0 Å². The Kier molecular flexibility index (Phi) is 6.90. The van der Waals surface area contributed by atoms with Gasteiger partial charge in [0, 0.05) is 31.4 Å². The van der Waals surface area contributed by atoms with Crippen molar-refractivity contribution in [2.45, 2.75) is 77.5 Å². The van der Waals surface area contributed by atoms with E-state index in [9.17, 15) is 9.90 Å². The van der Waals surface area contributed by atoms with Gasteiger partial charge in [0.15, 0.2) is 0 Å². The van der Waals surface area contributed by atoms with Gasteiger partial charge in [0.05, 0.1) is 17.9 Å². The number of hydrogen-bond acceptors (Lipinski definition) is 5. The van der Waals surface area contributed by atoms with Gasteiger partial charge in [-0.1, -0.05) is 44.5 Å². The van der Waals surface area contributed by atoms with E-state index in [1.165, 1.54) is 18.4 Å². The van der Waals surface area contributed by atoms with Gasteiger partial charge in [0.2, 0.25) is 0 Å². The number of pyridine rings is 1. The lowest BCUT2D eigenvalue weighted by Gasteiger charge is -2.54. The third-order valence-corrected chi connectivity index (χ3v) is 6.98. The van der Waals surface area contributed by atoms with Gasteiger partial charge < -0.3 is 19.6 Å². The lowest BCUT2D eigenvalue weighted by atomic mass is 9.70. The maximum Gasteiger partial charge on any atom is 0.410 e. The summed E-state index contributed by atoms with van der Waals surface area (Å²) in [5, 5.41) is 12.5. The molecule has 0 saturated carbocycles. The zero-order chi connectivity index (χ0) is 24.5. The molecule has 0 spiro atoms. The SMILES string of the molecule is CCCc1ccc(C(O)(c2cncc(N3CCCC3)c2)C2C(C)CN2C(=O)OC(C)(C)C)cc1. The van der Waals surface area contributed by atoms with Crippen molar-refractivity contribution >= 4 is 11.8 Å². The molecule has 6 nitrogen and oxygen atoms in total. The zero-order valence-corrected chi connectivity index (χ0v) is 21.3. The predicted molar refractivity (Wildman–Crippen MR) is 135 cm³/mol. The first kappa shape index (κ1) is 24.5. The van der Waals surface area contributed by atoms with Gasteiger partial charge in [-0.15, -0.1) is 0 Å². The largest absolute Gasteiger partial charge is 0.444 e. The molecular formula is C28H39N3O3. The Labute approximate surface area is 203 Å². The quantitative estimate of drug-likeness (QED) is 0.641. The topological polar surface area (TPSA) is 65.9 Å². The molecule has 2 fully saturated rings. The highest BCUT2D eigenvalue weighted by Gasteiger charge is 2.55. The van der Waals surface area contributed by atoms with Crippen LogP contribution in [0, 0.1) is 5.92 Å². The fourth-order valence-corrected chi connectivity index (χ4v) is 5.35. The van der Waals surface area contributed by atoms with Crippen LogP contribution in [-0.2, 0) is 16.8 Å². The molecule has 2 aromatic rings. The molecule has 1 amide bonds. The Hall–Kier alpha value is -2.60. The van der Waals surface area contributed by atoms with E-state index in [2.05, 4.69) is 41.9 Å². The van der Waals surface area contributed by atoms with Crippen LogP contribution in [0.15, 0.2) is 42.7 Å². The van der Waals surface area contributed by atoms with Crippen molar-refractivity contribution in [3.63, 3.8) is 0 Å². The van der Waals surface area contributed by atoms with Crippen LogP contribution in [0.4, 0.5) is 10.5 Å². The standard InChI is InChI=1S/C28H39N3O3/c1-6-9-21-10-12-22(13-11-21)28(33,23-16-24(18-29-17-23)30-14-7-8-15-30)25-20(2)19-31(25)26(32)34-27(3,4)5/h10-13,16-18,20,25,33H,6-9,14-15,19H2,1-5H3. The number of nitrogens with zero attached hydrogens (tertiary/aromatic N) is 3. The number of carbonyl (C=O) groups excluding carboxylic acids is 1. The zero-order valence-electron chi connectivity index (χ0n) is 21.3. The van der Waals surface area contributed by atoms with E-state index in [1.54, 1.807) is 11.1 Å². The predicted octanol–water partition coefficient (Wildman–Crippen LogP) is 5.13. The summed E-state index contributed by atoms with van der Waals surface area (Å²) in [5.41, 5.74) is 1.75. The van der Waals surface area contributed by atoms with Crippen molar-refractivity contribution in [1.29, 1.82) is 0 Å². The molecule has 1 aromatic carbocycles.